The van der Waals surface area contributed by atoms with Crippen molar-refractivity contribution in [3.63, 3.8) is 0 Å². The van der Waals surface area contributed by atoms with Crippen LogP contribution in [0.3, 0.4) is 0 Å². The third-order valence-corrected chi connectivity index (χ3v) is 6.17. The molecule has 1 aliphatic carbocycles. The number of allylic oxidation sites excluding steroid dienone is 1. The van der Waals surface area contributed by atoms with E-state index in [1.807, 2.05) is 6.20 Å². The zero-order valence-corrected chi connectivity index (χ0v) is 17.8. The number of carbonyl (C=O) groups is 1. The van der Waals surface area contributed by atoms with E-state index in [1.54, 1.807) is 0 Å². The van der Waals surface area contributed by atoms with E-state index < -0.39 is 23.7 Å². The molecule has 0 spiro atoms. The summed E-state index contributed by atoms with van der Waals surface area (Å²) < 4.78 is 50.4. The number of aromatic nitrogens is 2. The standard InChI is InChI=1S/C21H28F3N5O3/c22-21(23,24)18-12-25-20(27-19(18)32-17-13-31-14-17)26-15-3-1-4-16(11-15)29-8-6-28(7-9-29)5-2-10-30/h2,5,10,12,15-17H,1,3-4,6-9,11,13-14H2,(H,25,26,27). The van der Waals surface area contributed by atoms with E-state index in [2.05, 4.69) is 25.1 Å². The van der Waals surface area contributed by atoms with Crippen LogP contribution in [-0.2, 0) is 15.7 Å². The molecule has 2 saturated heterocycles. The van der Waals surface area contributed by atoms with E-state index in [0.29, 0.717) is 6.04 Å². The van der Waals surface area contributed by atoms with Crippen molar-refractivity contribution < 1.29 is 27.4 Å². The molecular formula is C21H28F3N5O3. The molecule has 2 aliphatic heterocycles. The van der Waals surface area contributed by atoms with E-state index in [0.717, 1.165) is 64.3 Å². The first kappa shape index (κ1) is 22.8. The monoisotopic (exact) mass is 455 g/mol. The summed E-state index contributed by atoms with van der Waals surface area (Å²) in [7, 11) is 0. The SMILES string of the molecule is O=CC=CN1CCN(C2CCCC(Nc3ncc(C(F)(F)F)c(OC4COC4)n3)C2)CC1. The Labute approximate surface area is 184 Å². The second-order valence-corrected chi connectivity index (χ2v) is 8.40. The van der Waals surface area contributed by atoms with Crippen molar-refractivity contribution in [1.82, 2.24) is 19.8 Å². The molecule has 4 rings (SSSR count). The highest BCUT2D eigenvalue weighted by molar-refractivity contribution is 5.64. The van der Waals surface area contributed by atoms with Crippen molar-refractivity contribution in [2.45, 2.75) is 50.0 Å². The van der Waals surface area contributed by atoms with Crippen LogP contribution in [0, 0.1) is 0 Å². The van der Waals surface area contributed by atoms with Crippen molar-refractivity contribution in [1.29, 1.82) is 0 Å². The van der Waals surface area contributed by atoms with Crippen LogP contribution in [0.4, 0.5) is 19.1 Å². The molecule has 0 radical (unpaired) electrons. The summed E-state index contributed by atoms with van der Waals surface area (Å²) in [5.74, 6) is -0.294. The van der Waals surface area contributed by atoms with Crippen molar-refractivity contribution in [3.8, 4) is 5.88 Å². The maximum atomic E-state index is 13.3. The number of hydrogen-bond acceptors (Lipinski definition) is 8. The molecule has 3 fully saturated rings. The molecule has 11 heteroatoms. The molecule has 0 aromatic carbocycles. The smallest absolute Gasteiger partial charge is 0.423 e. The summed E-state index contributed by atoms with van der Waals surface area (Å²) >= 11 is 0. The number of piperazine rings is 1. The lowest BCUT2D eigenvalue weighted by molar-refractivity contribution is -0.142. The number of anilines is 1. The first-order valence-corrected chi connectivity index (χ1v) is 11.0. The topological polar surface area (TPSA) is 79.8 Å². The Morgan fingerprint density at radius 3 is 2.62 bits per heavy atom. The van der Waals surface area contributed by atoms with E-state index in [-0.39, 0.29) is 25.2 Å². The van der Waals surface area contributed by atoms with Crippen LogP contribution < -0.4 is 10.1 Å². The summed E-state index contributed by atoms with van der Waals surface area (Å²) in [6.07, 6.45) is 3.80. The van der Waals surface area contributed by atoms with Crippen LogP contribution >= 0.6 is 0 Å². The molecule has 0 amide bonds. The number of hydrogen-bond donors (Lipinski definition) is 1. The summed E-state index contributed by atoms with van der Waals surface area (Å²) in [4.78, 5) is 23.1. The second-order valence-electron chi connectivity index (χ2n) is 8.40. The average molecular weight is 455 g/mol. The molecule has 3 aliphatic rings. The molecule has 176 valence electrons. The minimum absolute atomic E-state index is 0.0818. The number of nitrogens with one attached hydrogen (secondary N) is 1. The zero-order chi connectivity index (χ0) is 22.6. The summed E-state index contributed by atoms with van der Waals surface area (Å²) in [5, 5.41) is 3.23. The molecule has 1 saturated carbocycles. The molecular weight excluding hydrogens is 427 g/mol. The molecule has 1 N–H and O–H groups in total. The van der Waals surface area contributed by atoms with Crippen LogP contribution in [0.15, 0.2) is 18.5 Å². The molecule has 8 nitrogen and oxygen atoms in total. The van der Waals surface area contributed by atoms with Crippen LogP contribution in [0.2, 0.25) is 0 Å². The van der Waals surface area contributed by atoms with Crippen LogP contribution in [0.1, 0.15) is 31.2 Å². The minimum Gasteiger partial charge on any atom is -0.469 e. The fourth-order valence-electron chi connectivity index (χ4n) is 4.38. The quantitative estimate of drug-likeness (QED) is 0.496. The highest BCUT2D eigenvalue weighted by Gasteiger charge is 2.38. The Morgan fingerprint density at radius 2 is 1.97 bits per heavy atom. The zero-order valence-electron chi connectivity index (χ0n) is 17.8. The number of rotatable bonds is 7. The summed E-state index contributed by atoms with van der Waals surface area (Å²) in [6, 6.07) is 0.481. The number of alkyl halides is 3. The predicted molar refractivity (Wildman–Crippen MR) is 110 cm³/mol. The van der Waals surface area contributed by atoms with Crippen LogP contribution in [0.5, 0.6) is 5.88 Å². The molecule has 1 aromatic rings. The lowest BCUT2D eigenvalue weighted by atomic mass is 9.89. The Bertz CT molecular complexity index is 810. The molecule has 2 unspecified atom stereocenters. The van der Waals surface area contributed by atoms with Gasteiger partial charge in [-0.1, -0.05) is 0 Å². The van der Waals surface area contributed by atoms with Gasteiger partial charge >= 0.3 is 6.18 Å². The van der Waals surface area contributed by atoms with Gasteiger partial charge in [0, 0.05) is 50.7 Å². The highest BCUT2D eigenvalue weighted by Crippen LogP contribution is 2.36. The van der Waals surface area contributed by atoms with Crippen LogP contribution in [-0.4, -0.2) is 83.6 Å². The van der Waals surface area contributed by atoms with Gasteiger partial charge in [0.1, 0.15) is 18.0 Å². The first-order chi connectivity index (χ1) is 15.4. The Morgan fingerprint density at radius 1 is 1.19 bits per heavy atom. The number of nitrogens with zero attached hydrogens (tertiary/aromatic N) is 4. The van der Waals surface area contributed by atoms with E-state index in [4.69, 9.17) is 9.47 Å². The molecule has 3 heterocycles. The number of aldehydes is 1. The average Bonchev–Trinajstić information content (AvgIpc) is 2.75. The van der Waals surface area contributed by atoms with Crippen molar-refractivity contribution in [2.24, 2.45) is 0 Å². The highest BCUT2D eigenvalue weighted by atomic mass is 19.4. The lowest BCUT2D eigenvalue weighted by Crippen LogP contribution is -2.51. The molecule has 32 heavy (non-hydrogen) atoms. The van der Waals surface area contributed by atoms with Gasteiger partial charge in [0.15, 0.2) is 0 Å². The Hall–Kier alpha value is -2.40. The lowest BCUT2D eigenvalue weighted by Gasteiger charge is -2.42. The van der Waals surface area contributed by atoms with Crippen molar-refractivity contribution in [2.75, 3.05) is 44.7 Å². The van der Waals surface area contributed by atoms with Gasteiger partial charge in [0.25, 0.3) is 0 Å². The van der Waals surface area contributed by atoms with Gasteiger partial charge in [-0.15, -0.1) is 0 Å². The van der Waals surface area contributed by atoms with Crippen molar-refractivity contribution in [3.05, 3.63) is 24.0 Å². The van der Waals surface area contributed by atoms with Gasteiger partial charge in [-0.05, 0) is 31.8 Å². The minimum atomic E-state index is -4.59. The molecule has 1 aromatic heterocycles. The van der Waals surface area contributed by atoms with E-state index in [1.165, 1.54) is 6.08 Å². The normalized spacial score (nSPS) is 25.5. The van der Waals surface area contributed by atoms with Gasteiger partial charge in [0.2, 0.25) is 11.8 Å². The molecule has 0 bridgehead atoms. The Kier molecular flexibility index (Phi) is 7.14. The second kappa shape index (κ2) is 10.0. The third kappa shape index (κ3) is 5.69. The van der Waals surface area contributed by atoms with E-state index in [9.17, 15) is 18.0 Å². The third-order valence-electron chi connectivity index (χ3n) is 6.17. The number of ether oxygens (including phenoxy) is 2. The number of halogens is 3. The van der Waals surface area contributed by atoms with Crippen molar-refractivity contribution >= 4 is 12.2 Å². The Balaban J connectivity index is 1.36. The predicted octanol–water partition coefficient (Wildman–Crippen LogP) is 2.33. The van der Waals surface area contributed by atoms with Gasteiger partial charge in [-0.25, -0.2) is 4.98 Å². The molecule has 2 atom stereocenters. The maximum Gasteiger partial charge on any atom is 0.423 e. The fraction of sp³-hybridized carbons (Fsp3) is 0.667. The summed E-state index contributed by atoms with van der Waals surface area (Å²) in [5.41, 5.74) is -0.974. The largest absolute Gasteiger partial charge is 0.469 e. The fourth-order valence-corrected chi connectivity index (χ4v) is 4.38. The van der Waals surface area contributed by atoms with Gasteiger partial charge in [-0.3, -0.25) is 9.69 Å². The first-order valence-electron chi connectivity index (χ1n) is 11.0. The van der Waals surface area contributed by atoms with E-state index >= 15 is 0 Å². The van der Waals surface area contributed by atoms with Gasteiger partial charge in [-0.2, -0.15) is 18.2 Å². The number of carbonyl (C=O) groups excluding carboxylic acids is 1. The van der Waals surface area contributed by atoms with Gasteiger partial charge in [0.05, 0.1) is 13.2 Å². The maximum absolute atomic E-state index is 13.3. The summed E-state index contributed by atoms with van der Waals surface area (Å²) in [6.45, 7) is 4.08. The van der Waals surface area contributed by atoms with Crippen LogP contribution in [0.25, 0.3) is 0 Å². The van der Waals surface area contributed by atoms with Gasteiger partial charge < -0.3 is 19.7 Å².